The lowest BCUT2D eigenvalue weighted by Crippen LogP contribution is -2.62. The number of aromatic nitrogens is 1. The Labute approximate surface area is 120 Å². The first-order chi connectivity index (χ1) is 9.55. The smallest absolute Gasteiger partial charge is 0.410 e. The summed E-state index contributed by atoms with van der Waals surface area (Å²) in [7, 11) is 0. The van der Waals surface area contributed by atoms with Crippen molar-refractivity contribution in [3.8, 4) is 0 Å². The molecule has 108 valence electrons. The van der Waals surface area contributed by atoms with Crippen LogP contribution in [0.4, 0.5) is 9.93 Å². The van der Waals surface area contributed by atoms with Gasteiger partial charge in [-0.25, -0.2) is 9.78 Å². The van der Waals surface area contributed by atoms with E-state index in [2.05, 4.69) is 4.98 Å². The number of rotatable bonds is 2. The predicted octanol–water partition coefficient (Wildman–Crippen LogP) is 0.782. The highest BCUT2D eigenvalue weighted by molar-refractivity contribution is 7.17. The molecule has 0 aliphatic carbocycles. The van der Waals surface area contributed by atoms with Crippen molar-refractivity contribution in [1.29, 1.82) is 0 Å². The highest BCUT2D eigenvalue weighted by atomic mass is 32.1. The summed E-state index contributed by atoms with van der Waals surface area (Å²) in [6.45, 7) is 3.86. The molecule has 0 radical (unpaired) electrons. The zero-order valence-corrected chi connectivity index (χ0v) is 12.0. The number of carbonyl (C=O) groups excluding carboxylic acids is 2. The molecule has 2 aliphatic rings. The first kappa shape index (κ1) is 13.2. The average Bonchev–Trinajstić information content (AvgIpc) is 3.03. The standard InChI is InChI=1S/C12H16N4O3S/c1-2-12-6-15(3-4-16(12)11(18)19-7-12)9(17)8-5-14-10(13)20-8/h5H,2-4,6-7H2,1H3,(H2,13,14). The molecule has 8 heteroatoms. The molecule has 2 saturated heterocycles. The Morgan fingerprint density at radius 1 is 1.60 bits per heavy atom. The summed E-state index contributed by atoms with van der Waals surface area (Å²) in [6.07, 6.45) is 1.98. The number of ether oxygens (including phenoxy) is 1. The van der Waals surface area contributed by atoms with E-state index in [-0.39, 0.29) is 17.5 Å². The largest absolute Gasteiger partial charge is 0.447 e. The molecule has 2 fully saturated rings. The summed E-state index contributed by atoms with van der Waals surface area (Å²) in [5, 5.41) is 0.386. The second kappa shape index (κ2) is 4.62. The molecule has 7 nitrogen and oxygen atoms in total. The Morgan fingerprint density at radius 2 is 2.40 bits per heavy atom. The van der Waals surface area contributed by atoms with Crippen LogP contribution >= 0.6 is 11.3 Å². The fourth-order valence-electron chi connectivity index (χ4n) is 2.78. The number of hydrogen-bond donors (Lipinski definition) is 1. The van der Waals surface area contributed by atoms with Crippen molar-refractivity contribution in [3.63, 3.8) is 0 Å². The molecule has 3 rings (SSSR count). The SMILES string of the molecule is CCC12COC(=O)N1CCN(C(=O)c1cnc(N)s1)C2. The lowest BCUT2D eigenvalue weighted by atomic mass is 9.93. The lowest BCUT2D eigenvalue weighted by Gasteiger charge is -2.44. The number of piperazine rings is 1. The number of fused-ring (bicyclic) bond motifs is 1. The summed E-state index contributed by atoms with van der Waals surface area (Å²) >= 11 is 1.19. The lowest BCUT2D eigenvalue weighted by molar-refractivity contribution is 0.0365. The Morgan fingerprint density at radius 3 is 3.05 bits per heavy atom. The van der Waals surface area contributed by atoms with Crippen molar-refractivity contribution < 1.29 is 14.3 Å². The van der Waals surface area contributed by atoms with Gasteiger partial charge in [0.1, 0.15) is 11.5 Å². The molecule has 1 aromatic rings. The number of anilines is 1. The molecular weight excluding hydrogens is 280 g/mol. The van der Waals surface area contributed by atoms with Gasteiger partial charge in [-0.15, -0.1) is 0 Å². The molecule has 1 atom stereocenters. The molecule has 1 unspecified atom stereocenters. The number of nitrogens with zero attached hydrogens (tertiary/aromatic N) is 3. The van der Waals surface area contributed by atoms with E-state index in [1.165, 1.54) is 17.5 Å². The van der Waals surface area contributed by atoms with E-state index in [9.17, 15) is 9.59 Å². The maximum atomic E-state index is 12.4. The zero-order chi connectivity index (χ0) is 14.3. The molecular formula is C12H16N4O3S. The molecule has 2 amide bonds. The van der Waals surface area contributed by atoms with Crippen LogP contribution in [0, 0.1) is 0 Å². The van der Waals surface area contributed by atoms with Crippen LogP contribution in [0.15, 0.2) is 6.20 Å². The Bertz CT molecular complexity index is 561. The fourth-order valence-corrected chi connectivity index (χ4v) is 3.43. The zero-order valence-electron chi connectivity index (χ0n) is 11.2. The molecule has 2 aliphatic heterocycles. The van der Waals surface area contributed by atoms with Gasteiger partial charge in [-0.1, -0.05) is 18.3 Å². The molecule has 2 N–H and O–H groups in total. The molecule has 1 aromatic heterocycles. The van der Waals surface area contributed by atoms with Gasteiger partial charge in [0.25, 0.3) is 5.91 Å². The number of nitrogens with two attached hydrogens (primary N) is 1. The third kappa shape index (κ3) is 1.91. The second-order valence-electron chi connectivity index (χ2n) is 5.07. The molecule has 0 saturated carbocycles. The predicted molar refractivity (Wildman–Crippen MR) is 73.5 cm³/mol. The van der Waals surface area contributed by atoms with Crippen molar-refractivity contribution >= 4 is 28.5 Å². The number of amides is 2. The van der Waals surface area contributed by atoms with Crippen LogP contribution in [0.3, 0.4) is 0 Å². The molecule has 0 bridgehead atoms. The van der Waals surface area contributed by atoms with Gasteiger partial charge in [0.15, 0.2) is 5.13 Å². The van der Waals surface area contributed by atoms with Gasteiger partial charge in [-0.05, 0) is 6.42 Å². The highest BCUT2D eigenvalue weighted by Crippen LogP contribution is 2.32. The second-order valence-corrected chi connectivity index (χ2v) is 6.14. The van der Waals surface area contributed by atoms with Gasteiger partial charge >= 0.3 is 6.09 Å². The maximum absolute atomic E-state index is 12.4. The molecule has 0 spiro atoms. The number of cyclic esters (lactones) is 1. The van der Waals surface area contributed by atoms with Crippen LogP contribution < -0.4 is 5.73 Å². The Balaban J connectivity index is 1.80. The summed E-state index contributed by atoms with van der Waals surface area (Å²) in [5.74, 6) is -0.0778. The summed E-state index contributed by atoms with van der Waals surface area (Å²) in [5.41, 5.74) is 5.18. The summed E-state index contributed by atoms with van der Waals surface area (Å²) in [6, 6.07) is 0. The Hall–Kier alpha value is -1.83. The van der Waals surface area contributed by atoms with Crippen molar-refractivity contribution in [2.45, 2.75) is 18.9 Å². The Kier molecular flexibility index (Phi) is 3.04. The third-order valence-corrected chi connectivity index (χ3v) is 4.83. The van der Waals surface area contributed by atoms with Crippen molar-refractivity contribution in [1.82, 2.24) is 14.8 Å². The minimum atomic E-state index is -0.388. The quantitative estimate of drug-likeness (QED) is 0.871. The van der Waals surface area contributed by atoms with Crippen LogP contribution in [-0.4, -0.2) is 58.6 Å². The molecule has 3 heterocycles. The highest BCUT2D eigenvalue weighted by Gasteiger charge is 2.50. The minimum absolute atomic E-state index is 0.0778. The normalized spacial score (nSPS) is 25.6. The van der Waals surface area contributed by atoms with E-state index in [0.717, 1.165) is 6.42 Å². The minimum Gasteiger partial charge on any atom is -0.447 e. The van der Waals surface area contributed by atoms with Gasteiger partial charge in [0.2, 0.25) is 0 Å². The van der Waals surface area contributed by atoms with E-state index in [1.54, 1.807) is 9.80 Å². The topological polar surface area (TPSA) is 88.8 Å². The van der Waals surface area contributed by atoms with E-state index in [4.69, 9.17) is 10.5 Å². The van der Waals surface area contributed by atoms with Gasteiger partial charge in [-0.2, -0.15) is 0 Å². The first-order valence-corrected chi connectivity index (χ1v) is 7.32. The van der Waals surface area contributed by atoms with Crippen molar-refractivity contribution in [2.24, 2.45) is 0 Å². The van der Waals surface area contributed by atoms with Crippen LogP contribution in [0.25, 0.3) is 0 Å². The van der Waals surface area contributed by atoms with Gasteiger partial charge in [-0.3, -0.25) is 9.69 Å². The summed E-state index contributed by atoms with van der Waals surface area (Å²) < 4.78 is 5.15. The monoisotopic (exact) mass is 296 g/mol. The van der Waals surface area contributed by atoms with Crippen molar-refractivity contribution in [2.75, 3.05) is 32.0 Å². The molecule has 20 heavy (non-hydrogen) atoms. The van der Waals surface area contributed by atoms with E-state index >= 15 is 0 Å². The fraction of sp³-hybridized carbons (Fsp3) is 0.583. The van der Waals surface area contributed by atoms with Crippen LogP contribution in [0.2, 0.25) is 0 Å². The van der Waals surface area contributed by atoms with E-state index < -0.39 is 0 Å². The first-order valence-electron chi connectivity index (χ1n) is 6.51. The van der Waals surface area contributed by atoms with E-state index in [1.807, 2.05) is 6.92 Å². The number of thiazole rings is 1. The van der Waals surface area contributed by atoms with E-state index in [0.29, 0.717) is 36.2 Å². The van der Waals surface area contributed by atoms with Crippen LogP contribution in [-0.2, 0) is 4.74 Å². The third-order valence-electron chi connectivity index (χ3n) is 4.02. The number of nitrogen functional groups attached to an aromatic ring is 1. The maximum Gasteiger partial charge on any atom is 0.410 e. The average molecular weight is 296 g/mol. The van der Waals surface area contributed by atoms with Gasteiger partial charge < -0.3 is 15.4 Å². The molecule has 0 aromatic carbocycles. The number of hydrogen-bond acceptors (Lipinski definition) is 6. The van der Waals surface area contributed by atoms with Gasteiger partial charge in [0.05, 0.1) is 11.7 Å². The van der Waals surface area contributed by atoms with Crippen molar-refractivity contribution in [3.05, 3.63) is 11.1 Å². The number of carbonyl (C=O) groups is 2. The summed E-state index contributed by atoms with van der Waals surface area (Å²) in [4.78, 5) is 32.1. The van der Waals surface area contributed by atoms with Crippen LogP contribution in [0.1, 0.15) is 23.0 Å². The van der Waals surface area contributed by atoms with Gasteiger partial charge in [0, 0.05) is 19.6 Å². The van der Waals surface area contributed by atoms with Crippen LogP contribution in [0.5, 0.6) is 0 Å².